The lowest BCUT2D eigenvalue weighted by Crippen LogP contribution is -2.46. The molecule has 0 aromatic carbocycles. The lowest BCUT2D eigenvalue weighted by atomic mass is 9.66. The van der Waals surface area contributed by atoms with Gasteiger partial charge < -0.3 is 10.4 Å². The number of hydrogen-bond acceptors (Lipinski definition) is 2. The zero-order valence-corrected chi connectivity index (χ0v) is 12.6. The van der Waals surface area contributed by atoms with Gasteiger partial charge in [0.1, 0.15) is 6.04 Å². The van der Waals surface area contributed by atoms with Crippen LogP contribution in [0.4, 0.5) is 0 Å². The first-order valence-corrected chi connectivity index (χ1v) is 7.84. The molecule has 0 aromatic heterocycles. The van der Waals surface area contributed by atoms with Crippen molar-refractivity contribution in [2.24, 2.45) is 23.2 Å². The molecule has 1 heterocycles. The average Bonchev–Trinajstić information content (AvgIpc) is 2.38. The molecule has 3 heteroatoms. The Hall–Kier alpha value is -0.570. The number of rotatable bonds is 2. The van der Waals surface area contributed by atoms with Crippen LogP contribution < -0.4 is 5.32 Å². The van der Waals surface area contributed by atoms with Crippen LogP contribution in [0.15, 0.2) is 0 Å². The van der Waals surface area contributed by atoms with Gasteiger partial charge in [0, 0.05) is 0 Å². The lowest BCUT2D eigenvalue weighted by Gasteiger charge is -2.41. The van der Waals surface area contributed by atoms with E-state index >= 15 is 0 Å². The maximum atomic E-state index is 10.9. The van der Waals surface area contributed by atoms with Crippen LogP contribution in [0.1, 0.15) is 59.3 Å². The van der Waals surface area contributed by atoms with Crippen molar-refractivity contribution in [1.82, 2.24) is 5.32 Å². The van der Waals surface area contributed by atoms with E-state index in [-0.39, 0.29) is 6.04 Å². The van der Waals surface area contributed by atoms with Crippen LogP contribution in [0, 0.1) is 23.2 Å². The van der Waals surface area contributed by atoms with Crippen molar-refractivity contribution in [3.63, 3.8) is 0 Å². The number of carbonyl (C=O) groups is 1. The topological polar surface area (TPSA) is 49.3 Å². The van der Waals surface area contributed by atoms with Crippen molar-refractivity contribution < 1.29 is 9.90 Å². The number of hydrogen-bond donors (Lipinski definition) is 2. The van der Waals surface area contributed by atoms with E-state index in [1.54, 1.807) is 0 Å². The molecule has 2 fully saturated rings. The summed E-state index contributed by atoms with van der Waals surface area (Å²) < 4.78 is 0. The van der Waals surface area contributed by atoms with Gasteiger partial charge in [-0.05, 0) is 68.2 Å². The first-order valence-electron chi connectivity index (χ1n) is 7.84. The minimum atomic E-state index is -0.685. The van der Waals surface area contributed by atoms with E-state index in [1.807, 2.05) is 0 Å². The number of carboxylic acids is 1. The molecule has 0 radical (unpaired) electrons. The second-order valence-corrected chi connectivity index (χ2v) is 7.61. The fourth-order valence-corrected chi connectivity index (χ4v) is 3.95. The molecule has 0 aromatic rings. The van der Waals surface area contributed by atoms with Crippen LogP contribution >= 0.6 is 0 Å². The van der Waals surface area contributed by atoms with E-state index in [0.717, 1.165) is 31.2 Å². The van der Waals surface area contributed by atoms with Gasteiger partial charge in [0.05, 0.1) is 0 Å². The quantitative estimate of drug-likeness (QED) is 0.807. The van der Waals surface area contributed by atoms with Crippen molar-refractivity contribution in [3.05, 3.63) is 0 Å². The normalized spacial score (nSPS) is 37.0. The molecule has 2 unspecified atom stereocenters. The van der Waals surface area contributed by atoms with Gasteiger partial charge in [0.15, 0.2) is 0 Å². The predicted octanol–water partition coefficient (Wildman–Crippen LogP) is 3.29. The summed E-state index contributed by atoms with van der Waals surface area (Å²) in [5.74, 6) is 1.71. The molecule has 110 valence electrons. The molecular weight excluding hydrogens is 238 g/mol. The molecule has 1 saturated carbocycles. The van der Waals surface area contributed by atoms with E-state index < -0.39 is 5.97 Å². The van der Waals surface area contributed by atoms with Gasteiger partial charge in [-0.15, -0.1) is 0 Å². The molecule has 2 aliphatic rings. The van der Waals surface area contributed by atoms with Gasteiger partial charge >= 0.3 is 5.97 Å². The van der Waals surface area contributed by atoms with Crippen LogP contribution in [0.3, 0.4) is 0 Å². The third-order valence-corrected chi connectivity index (χ3v) is 5.41. The van der Waals surface area contributed by atoms with Crippen LogP contribution in [-0.4, -0.2) is 23.7 Å². The highest BCUT2D eigenvalue weighted by atomic mass is 16.4. The molecule has 1 aliphatic carbocycles. The van der Waals surface area contributed by atoms with E-state index in [1.165, 1.54) is 25.7 Å². The fourth-order valence-electron chi connectivity index (χ4n) is 3.95. The summed E-state index contributed by atoms with van der Waals surface area (Å²) in [5, 5.41) is 12.2. The van der Waals surface area contributed by atoms with Gasteiger partial charge in [0.2, 0.25) is 0 Å². The first kappa shape index (κ1) is 14.8. The van der Waals surface area contributed by atoms with Crippen molar-refractivity contribution in [3.8, 4) is 0 Å². The maximum absolute atomic E-state index is 10.9. The monoisotopic (exact) mass is 267 g/mol. The van der Waals surface area contributed by atoms with Crippen LogP contribution in [0.25, 0.3) is 0 Å². The molecule has 3 nitrogen and oxygen atoms in total. The van der Waals surface area contributed by atoms with Crippen LogP contribution in [0.5, 0.6) is 0 Å². The lowest BCUT2D eigenvalue weighted by molar-refractivity contribution is -0.140. The predicted molar refractivity (Wildman–Crippen MR) is 77.1 cm³/mol. The summed E-state index contributed by atoms with van der Waals surface area (Å²) in [6.45, 7) is 7.98. The number of aliphatic carboxylic acids is 1. The summed E-state index contributed by atoms with van der Waals surface area (Å²) in [6.07, 6.45) is 7.28. The fraction of sp³-hybridized carbons (Fsp3) is 0.938. The number of carboxylic acid groups (broad SMARTS) is 1. The van der Waals surface area contributed by atoms with Gasteiger partial charge in [-0.3, -0.25) is 4.79 Å². The Morgan fingerprint density at radius 1 is 1.00 bits per heavy atom. The van der Waals surface area contributed by atoms with Crippen molar-refractivity contribution >= 4 is 5.97 Å². The Bertz CT molecular complexity index is 305. The van der Waals surface area contributed by atoms with Crippen molar-refractivity contribution in [2.45, 2.75) is 65.3 Å². The first-order chi connectivity index (χ1) is 8.88. The van der Waals surface area contributed by atoms with Gasteiger partial charge in [-0.1, -0.05) is 20.8 Å². The van der Waals surface area contributed by atoms with Crippen molar-refractivity contribution in [1.29, 1.82) is 0 Å². The summed E-state index contributed by atoms with van der Waals surface area (Å²) in [5.41, 5.74) is 0.449. The van der Waals surface area contributed by atoms with Gasteiger partial charge in [-0.25, -0.2) is 0 Å². The molecule has 1 aliphatic heterocycles. The highest BCUT2D eigenvalue weighted by molar-refractivity contribution is 5.73. The molecule has 1 saturated heterocycles. The Morgan fingerprint density at radius 3 is 2.00 bits per heavy atom. The summed E-state index contributed by atoms with van der Waals surface area (Å²) in [6, 6.07) is -0.304. The molecule has 0 bridgehead atoms. The smallest absolute Gasteiger partial charge is 0.320 e. The molecule has 19 heavy (non-hydrogen) atoms. The average molecular weight is 267 g/mol. The van der Waals surface area contributed by atoms with Gasteiger partial charge in [0.25, 0.3) is 0 Å². The van der Waals surface area contributed by atoms with E-state index in [9.17, 15) is 4.79 Å². The van der Waals surface area contributed by atoms with Crippen LogP contribution in [0.2, 0.25) is 0 Å². The van der Waals surface area contributed by atoms with E-state index in [2.05, 4.69) is 26.1 Å². The summed E-state index contributed by atoms with van der Waals surface area (Å²) in [4.78, 5) is 10.9. The molecule has 2 rings (SSSR count). The molecule has 2 N–H and O–H groups in total. The third-order valence-electron chi connectivity index (χ3n) is 5.41. The minimum Gasteiger partial charge on any atom is -0.480 e. The van der Waals surface area contributed by atoms with Crippen LogP contribution in [-0.2, 0) is 4.79 Å². The number of nitrogens with one attached hydrogen (secondary N) is 1. The highest BCUT2D eigenvalue weighted by Crippen LogP contribution is 2.43. The SMILES string of the molecule is CC(C)(C)C1CCC(C2CCC(C(=O)O)NC2)CC1. The Kier molecular flexibility index (Phi) is 4.54. The van der Waals surface area contributed by atoms with E-state index in [0.29, 0.717) is 11.3 Å². The Balaban J connectivity index is 1.78. The number of piperidine rings is 1. The zero-order valence-electron chi connectivity index (χ0n) is 12.6. The third kappa shape index (κ3) is 3.71. The molecule has 0 spiro atoms. The Labute approximate surface area is 117 Å². The molecule has 2 atom stereocenters. The zero-order chi connectivity index (χ0) is 14.0. The standard InChI is InChI=1S/C16H29NO2/c1-16(2,3)13-7-4-11(5-8-13)12-6-9-14(15(18)19)17-10-12/h11-14,17H,4-10H2,1-3H3,(H,18,19). The van der Waals surface area contributed by atoms with Crippen molar-refractivity contribution in [2.75, 3.05) is 6.54 Å². The molecular formula is C16H29NO2. The summed E-state index contributed by atoms with van der Waals surface area (Å²) in [7, 11) is 0. The molecule has 0 amide bonds. The summed E-state index contributed by atoms with van der Waals surface area (Å²) >= 11 is 0. The highest BCUT2D eigenvalue weighted by Gasteiger charge is 2.35. The van der Waals surface area contributed by atoms with E-state index in [4.69, 9.17) is 5.11 Å². The second-order valence-electron chi connectivity index (χ2n) is 7.61. The van der Waals surface area contributed by atoms with Gasteiger partial charge in [-0.2, -0.15) is 0 Å². The Morgan fingerprint density at radius 2 is 1.58 bits per heavy atom. The maximum Gasteiger partial charge on any atom is 0.320 e. The largest absolute Gasteiger partial charge is 0.480 e. The second kappa shape index (κ2) is 5.82. The minimum absolute atomic E-state index is 0.304.